The fourth-order valence-electron chi connectivity index (χ4n) is 2.60. The minimum absolute atomic E-state index is 0.0334. The lowest BCUT2D eigenvalue weighted by molar-refractivity contribution is -0.117. The fraction of sp³-hybridized carbons (Fsp3) is 0.273. The summed E-state index contributed by atoms with van der Waals surface area (Å²) in [6, 6.07) is 11.3. The SMILES string of the molecule is CCOc1cc(C=C(C#N)C(=O)NC2CC2)ccc1OCc1ccc(F)cc1Cl. The zero-order valence-corrected chi connectivity index (χ0v) is 16.6. The first kappa shape index (κ1) is 20.7. The van der Waals surface area contributed by atoms with Gasteiger partial charge >= 0.3 is 0 Å². The number of amides is 1. The summed E-state index contributed by atoms with van der Waals surface area (Å²) in [6.45, 7) is 2.39. The fourth-order valence-corrected chi connectivity index (χ4v) is 2.82. The van der Waals surface area contributed by atoms with Crippen LogP contribution in [0.3, 0.4) is 0 Å². The van der Waals surface area contributed by atoms with Gasteiger partial charge in [-0.15, -0.1) is 0 Å². The van der Waals surface area contributed by atoms with Crippen molar-refractivity contribution in [2.75, 3.05) is 6.61 Å². The van der Waals surface area contributed by atoms with Crippen LogP contribution in [0.1, 0.15) is 30.9 Å². The summed E-state index contributed by atoms with van der Waals surface area (Å²) >= 11 is 6.04. The molecule has 3 rings (SSSR count). The molecule has 5 nitrogen and oxygen atoms in total. The number of ether oxygens (including phenoxy) is 2. The number of hydrogen-bond acceptors (Lipinski definition) is 4. The van der Waals surface area contributed by atoms with Gasteiger partial charge in [0, 0.05) is 11.6 Å². The topological polar surface area (TPSA) is 71.3 Å². The van der Waals surface area contributed by atoms with Gasteiger partial charge in [-0.1, -0.05) is 23.7 Å². The number of rotatable bonds is 8. The lowest BCUT2D eigenvalue weighted by Crippen LogP contribution is -2.26. The molecule has 0 unspecified atom stereocenters. The maximum Gasteiger partial charge on any atom is 0.262 e. The number of carbonyl (C=O) groups excluding carboxylic acids is 1. The van der Waals surface area contributed by atoms with Gasteiger partial charge in [0.2, 0.25) is 0 Å². The highest BCUT2D eigenvalue weighted by atomic mass is 35.5. The predicted molar refractivity (Wildman–Crippen MR) is 108 cm³/mol. The van der Waals surface area contributed by atoms with Crippen molar-refractivity contribution in [3.8, 4) is 17.6 Å². The number of nitriles is 1. The molecule has 0 atom stereocenters. The molecule has 0 bridgehead atoms. The second-order valence-corrected chi connectivity index (χ2v) is 6.99. The van der Waals surface area contributed by atoms with Crippen molar-refractivity contribution < 1.29 is 18.7 Å². The molecule has 7 heteroatoms. The van der Waals surface area contributed by atoms with Crippen LogP contribution in [0.4, 0.5) is 4.39 Å². The normalized spacial score (nSPS) is 13.5. The van der Waals surface area contributed by atoms with Crippen LogP contribution in [0.5, 0.6) is 11.5 Å². The third-order valence-corrected chi connectivity index (χ3v) is 4.61. The summed E-state index contributed by atoms with van der Waals surface area (Å²) in [6.07, 6.45) is 3.41. The van der Waals surface area contributed by atoms with E-state index in [4.69, 9.17) is 21.1 Å². The van der Waals surface area contributed by atoms with Gasteiger partial charge in [-0.25, -0.2) is 4.39 Å². The van der Waals surface area contributed by atoms with Gasteiger partial charge in [0.25, 0.3) is 5.91 Å². The maximum absolute atomic E-state index is 13.2. The second kappa shape index (κ2) is 9.44. The van der Waals surface area contributed by atoms with Crippen LogP contribution in [-0.4, -0.2) is 18.6 Å². The highest BCUT2D eigenvalue weighted by Gasteiger charge is 2.24. The summed E-state index contributed by atoms with van der Waals surface area (Å²) < 4.78 is 24.6. The molecule has 0 aromatic heterocycles. The zero-order chi connectivity index (χ0) is 20.8. The van der Waals surface area contributed by atoms with Crippen LogP contribution >= 0.6 is 11.6 Å². The molecule has 1 aliphatic carbocycles. The molecule has 1 fully saturated rings. The third-order valence-electron chi connectivity index (χ3n) is 4.25. The summed E-state index contributed by atoms with van der Waals surface area (Å²) in [5.41, 5.74) is 1.32. The van der Waals surface area contributed by atoms with Crippen molar-refractivity contribution >= 4 is 23.6 Å². The van der Waals surface area contributed by atoms with Crippen LogP contribution in [-0.2, 0) is 11.4 Å². The van der Waals surface area contributed by atoms with Crippen molar-refractivity contribution in [2.24, 2.45) is 0 Å². The summed E-state index contributed by atoms with van der Waals surface area (Å²) in [5.74, 6) is 0.160. The molecule has 150 valence electrons. The van der Waals surface area contributed by atoms with Gasteiger partial charge < -0.3 is 14.8 Å². The Kier molecular flexibility index (Phi) is 6.73. The summed E-state index contributed by atoms with van der Waals surface area (Å²) in [4.78, 5) is 12.1. The van der Waals surface area contributed by atoms with Crippen molar-refractivity contribution in [1.82, 2.24) is 5.32 Å². The van der Waals surface area contributed by atoms with Gasteiger partial charge in [0.1, 0.15) is 24.1 Å². The van der Waals surface area contributed by atoms with E-state index in [0.29, 0.717) is 29.2 Å². The molecule has 1 aliphatic rings. The highest BCUT2D eigenvalue weighted by Crippen LogP contribution is 2.31. The minimum atomic E-state index is -0.413. The molecule has 0 spiro atoms. The van der Waals surface area contributed by atoms with Gasteiger partial charge in [-0.05, 0) is 55.7 Å². The molecule has 29 heavy (non-hydrogen) atoms. The van der Waals surface area contributed by atoms with Crippen LogP contribution in [0, 0.1) is 17.1 Å². The number of benzene rings is 2. The summed E-state index contributed by atoms with van der Waals surface area (Å²) in [5, 5.41) is 12.4. The second-order valence-electron chi connectivity index (χ2n) is 6.58. The van der Waals surface area contributed by atoms with Crippen LogP contribution in [0.2, 0.25) is 5.02 Å². The van der Waals surface area contributed by atoms with Gasteiger partial charge in [0.15, 0.2) is 11.5 Å². The molecule has 1 N–H and O–H groups in total. The average molecular weight is 415 g/mol. The van der Waals surface area contributed by atoms with E-state index >= 15 is 0 Å². The Labute approximate surface area is 173 Å². The monoisotopic (exact) mass is 414 g/mol. The summed E-state index contributed by atoms with van der Waals surface area (Å²) in [7, 11) is 0. The molecule has 0 aliphatic heterocycles. The number of nitrogens with zero attached hydrogens (tertiary/aromatic N) is 1. The number of halogens is 2. The zero-order valence-electron chi connectivity index (χ0n) is 15.9. The van der Waals surface area contributed by atoms with Crippen molar-refractivity contribution in [1.29, 1.82) is 5.26 Å². The lowest BCUT2D eigenvalue weighted by atomic mass is 10.1. The van der Waals surface area contributed by atoms with Gasteiger partial charge in [-0.2, -0.15) is 5.26 Å². The molecule has 1 amide bonds. The van der Waals surface area contributed by atoms with Gasteiger partial charge in [0.05, 0.1) is 11.6 Å². The minimum Gasteiger partial charge on any atom is -0.490 e. The van der Waals surface area contributed by atoms with E-state index in [1.165, 1.54) is 18.2 Å². The van der Waals surface area contributed by atoms with E-state index in [1.54, 1.807) is 24.3 Å². The van der Waals surface area contributed by atoms with Crippen LogP contribution in [0.15, 0.2) is 42.0 Å². The van der Waals surface area contributed by atoms with E-state index in [2.05, 4.69) is 5.32 Å². The highest BCUT2D eigenvalue weighted by molar-refractivity contribution is 6.31. The first-order valence-electron chi connectivity index (χ1n) is 9.26. The Bertz CT molecular complexity index is 981. The Morgan fingerprint density at radius 3 is 2.72 bits per heavy atom. The molecular weight excluding hydrogens is 395 g/mol. The van der Waals surface area contributed by atoms with Gasteiger partial charge in [-0.3, -0.25) is 4.79 Å². The average Bonchev–Trinajstić information content (AvgIpc) is 3.50. The Hall–Kier alpha value is -3.04. The number of nitrogens with one attached hydrogen (secondary N) is 1. The molecule has 2 aromatic rings. The maximum atomic E-state index is 13.2. The Morgan fingerprint density at radius 1 is 1.28 bits per heavy atom. The van der Waals surface area contributed by atoms with Crippen molar-refractivity contribution in [2.45, 2.75) is 32.4 Å². The Balaban J connectivity index is 1.77. The molecule has 1 saturated carbocycles. The van der Waals surface area contributed by atoms with E-state index in [1.807, 2.05) is 13.0 Å². The Morgan fingerprint density at radius 2 is 2.07 bits per heavy atom. The van der Waals surface area contributed by atoms with E-state index < -0.39 is 5.82 Å². The van der Waals surface area contributed by atoms with Crippen LogP contribution in [0.25, 0.3) is 6.08 Å². The molecule has 0 radical (unpaired) electrons. The third kappa shape index (κ3) is 5.72. The quantitative estimate of drug-likeness (QED) is 0.504. The molecule has 0 saturated heterocycles. The number of carbonyl (C=O) groups is 1. The number of hydrogen-bond donors (Lipinski definition) is 1. The predicted octanol–water partition coefficient (Wildman–Crippen LogP) is 4.64. The van der Waals surface area contributed by atoms with Crippen LogP contribution < -0.4 is 14.8 Å². The van der Waals surface area contributed by atoms with Crippen molar-refractivity contribution in [3.63, 3.8) is 0 Å². The van der Waals surface area contributed by atoms with E-state index in [9.17, 15) is 14.4 Å². The standard InChI is InChI=1S/C22H20ClFN2O3/c1-2-28-21-10-14(9-16(12-25)22(27)26-18-6-7-18)3-8-20(21)29-13-15-4-5-17(24)11-19(15)23/h3-5,8-11,18H,2,6-7,13H2,1H3,(H,26,27). The first-order chi connectivity index (χ1) is 14.0. The lowest BCUT2D eigenvalue weighted by Gasteiger charge is -2.13. The van der Waals surface area contributed by atoms with E-state index in [-0.39, 0.29) is 29.2 Å². The smallest absolute Gasteiger partial charge is 0.262 e. The molecule has 2 aromatic carbocycles. The largest absolute Gasteiger partial charge is 0.490 e. The van der Waals surface area contributed by atoms with E-state index in [0.717, 1.165) is 12.8 Å². The first-order valence-corrected chi connectivity index (χ1v) is 9.64. The molecular formula is C22H20ClFN2O3. The molecule has 0 heterocycles. The van der Waals surface area contributed by atoms with Crippen molar-refractivity contribution in [3.05, 3.63) is 63.9 Å².